The minimum atomic E-state index is -0.520. The van der Waals surface area contributed by atoms with Crippen LogP contribution in [-0.2, 0) is 0 Å². The molecule has 1 unspecified atom stereocenters. The molecule has 1 aromatic heterocycles. The third-order valence-corrected chi connectivity index (χ3v) is 1.79. The third-order valence-electron chi connectivity index (χ3n) is 1.79. The molecule has 0 saturated heterocycles. The van der Waals surface area contributed by atoms with Gasteiger partial charge in [0.05, 0.1) is 6.10 Å². The van der Waals surface area contributed by atoms with Crippen molar-refractivity contribution in [2.75, 3.05) is 0 Å². The summed E-state index contributed by atoms with van der Waals surface area (Å²) in [4.78, 5) is 3.93. The zero-order valence-corrected chi connectivity index (χ0v) is 8.07. The van der Waals surface area contributed by atoms with E-state index < -0.39 is 6.10 Å². The maximum atomic E-state index is 9.74. The van der Waals surface area contributed by atoms with Crippen molar-refractivity contribution in [2.24, 2.45) is 5.73 Å². The van der Waals surface area contributed by atoms with Crippen molar-refractivity contribution < 1.29 is 5.11 Å². The van der Waals surface area contributed by atoms with Gasteiger partial charge in [0.2, 0.25) is 0 Å². The summed E-state index contributed by atoms with van der Waals surface area (Å²) in [6.45, 7) is 3.79. The first-order valence-electron chi connectivity index (χ1n) is 4.36. The Labute approximate surface area is 78.6 Å². The zero-order valence-electron chi connectivity index (χ0n) is 8.07. The Morgan fingerprint density at radius 1 is 1.62 bits per heavy atom. The van der Waals surface area contributed by atoms with Crippen LogP contribution in [0.15, 0.2) is 24.5 Å². The summed E-state index contributed by atoms with van der Waals surface area (Å²) >= 11 is 0. The van der Waals surface area contributed by atoms with E-state index in [0.29, 0.717) is 6.42 Å². The van der Waals surface area contributed by atoms with Gasteiger partial charge in [0.15, 0.2) is 0 Å². The molecule has 0 fully saturated rings. The fraction of sp³-hybridized carbons (Fsp3) is 0.500. The van der Waals surface area contributed by atoms with Gasteiger partial charge >= 0.3 is 0 Å². The van der Waals surface area contributed by atoms with Gasteiger partial charge in [-0.15, -0.1) is 0 Å². The Morgan fingerprint density at radius 2 is 2.31 bits per heavy atom. The molecule has 0 aliphatic heterocycles. The Morgan fingerprint density at radius 3 is 2.77 bits per heavy atom. The minimum absolute atomic E-state index is 0.352. The molecule has 3 heteroatoms. The second-order valence-electron chi connectivity index (χ2n) is 3.99. The van der Waals surface area contributed by atoms with Crippen LogP contribution < -0.4 is 5.73 Å². The largest absolute Gasteiger partial charge is 0.388 e. The third kappa shape index (κ3) is 3.53. The lowest BCUT2D eigenvalue weighted by atomic mass is 9.95. The number of hydrogen-bond acceptors (Lipinski definition) is 3. The van der Waals surface area contributed by atoms with Crippen LogP contribution in [0.2, 0.25) is 0 Å². The predicted octanol–water partition coefficient (Wildman–Crippen LogP) is 1.24. The summed E-state index contributed by atoms with van der Waals surface area (Å²) in [6, 6.07) is 3.66. The molecule has 0 aliphatic carbocycles. The highest BCUT2D eigenvalue weighted by Gasteiger charge is 2.18. The number of aliphatic hydroxyl groups excluding tert-OH is 1. The molecule has 3 nitrogen and oxygen atoms in total. The van der Waals surface area contributed by atoms with Gasteiger partial charge in [-0.2, -0.15) is 0 Å². The van der Waals surface area contributed by atoms with E-state index in [2.05, 4.69) is 4.98 Å². The van der Waals surface area contributed by atoms with Gasteiger partial charge in [0, 0.05) is 17.9 Å². The molecule has 1 aromatic rings. The lowest BCUT2D eigenvalue weighted by molar-refractivity contribution is 0.142. The van der Waals surface area contributed by atoms with E-state index in [-0.39, 0.29) is 5.54 Å². The Kier molecular flexibility index (Phi) is 3.01. The Bertz CT molecular complexity index is 253. The molecule has 0 aromatic carbocycles. The summed E-state index contributed by atoms with van der Waals surface area (Å²) in [5.41, 5.74) is 6.26. The number of nitrogens with zero attached hydrogens (tertiary/aromatic N) is 1. The van der Waals surface area contributed by atoms with Crippen LogP contribution in [0.5, 0.6) is 0 Å². The predicted molar refractivity (Wildman–Crippen MR) is 52.1 cm³/mol. The summed E-state index contributed by atoms with van der Waals surface area (Å²) < 4.78 is 0. The first-order valence-corrected chi connectivity index (χ1v) is 4.36. The van der Waals surface area contributed by atoms with Gasteiger partial charge in [-0.3, -0.25) is 4.98 Å². The molecule has 1 rings (SSSR count). The molecule has 0 saturated carbocycles. The monoisotopic (exact) mass is 180 g/mol. The second-order valence-corrected chi connectivity index (χ2v) is 3.99. The fourth-order valence-electron chi connectivity index (χ4n) is 1.19. The number of nitrogens with two attached hydrogens (primary N) is 1. The van der Waals surface area contributed by atoms with E-state index in [1.165, 1.54) is 0 Å². The van der Waals surface area contributed by atoms with Gasteiger partial charge < -0.3 is 10.8 Å². The molecule has 1 atom stereocenters. The van der Waals surface area contributed by atoms with E-state index in [1.807, 2.05) is 26.0 Å². The topological polar surface area (TPSA) is 59.1 Å². The van der Waals surface area contributed by atoms with Crippen LogP contribution in [0.1, 0.15) is 31.9 Å². The van der Waals surface area contributed by atoms with Gasteiger partial charge in [0.1, 0.15) is 0 Å². The molecular formula is C10H16N2O. The van der Waals surface area contributed by atoms with Gasteiger partial charge in [-0.1, -0.05) is 6.07 Å². The minimum Gasteiger partial charge on any atom is -0.388 e. The van der Waals surface area contributed by atoms with Crippen molar-refractivity contribution in [3.05, 3.63) is 30.1 Å². The van der Waals surface area contributed by atoms with Gasteiger partial charge in [-0.25, -0.2) is 0 Å². The van der Waals surface area contributed by atoms with Crippen molar-refractivity contribution in [3.63, 3.8) is 0 Å². The number of aromatic nitrogens is 1. The SMILES string of the molecule is CC(C)(N)CC(O)c1cccnc1. The zero-order chi connectivity index (χ0) is 9.90. The summed E-state index contributed by atoms with van der Waals surface area (Å²) in [6.07, 6.45) is 3.37. The maximum Gasteiger partial charge on any atom is 0.0822 e. The van der Waals surface area contributed by atoms with Crippen LogP contribution in [-0.4, -0.2) is 15.6 Å². The van der Waals surface area contributed by atoms with Crippen LogP contribution in [0.4, 0.5) is 0 Å². The molecule has 0 amide bonds. The average molecular weight is 180 g/mol. The molecule has 0 spiro atoms. The number of pyridine rings is 1. The maximum absolute atomic E-state index is 9.74. The molecule has 72 valence electrons. The van der Waals surface area contributed by atoms with Crippen LogP contribution in [0.25, 0.3) is 0 Å². The van der Waals surface area contributed by atoms with E-state index in [0.717, 1.165) is 5.56 Å². The van der Waals surface area contributed by atoms with Crippen LogP contribution in [0, 0.1) is 0 Å². The van der Waals surface area contributed by atoms with E-state index in [9.17, 15) is 5.11 Å². The molecule has 0 aliphatic rings. The standard InChI is InChI=1S/C10H16N2O/c1-10(2,11)6-9(13)8-4-3-5-12-7-8/h3-5,7,9,13H,6,11H2,1-2H3. The van der Waals surface area contributed by atoms with E-state index in [4.69, 9.17) is 5.73 Å². The van der Waals surface area contributed by atoms with Crippen molar-refractivity contribution in [3.8, 4) is 0 Å². The van der Waals surface area contributed by atoms with Crippen molar-refractivity contribution in [2.45, 2.75) is 31.9 Å². The van der Waals surface area contributed by atoms with Gasteiger partial charge in [-0.05, 0) is 31.9 Å². The first-order chi connectivity index (χ1) is 5.99. The lowest BCUT2D eigenvalue weighted by Crippen LogP contribution is -2.33. The van der Waals surface area contributed by atoms with E-state index in [1.54, 1.807) is 12.4 Å². The number of rotatable bonds is 3. The van der Waals surface area contributed by atoms with Crippen molar-refractivity contribution >= 4 is 0 Å². The van der Waals surface area contributed by atoms with Crippen molar-refractivity contribution in [1.82, 2.24) is 4.98 Å². The average Bonchev–Trinajstić information content (AvgIpc) is 2.03. The van der Waals surface area contributed by atoms with Crippen molar-refractivity contribution in [1.29, 1.82) is 0 Å². The molecule has 3 N–H and O–H groups in total. The molecule has 0 radical (unpaired) electrons. The smallest absolute Gasteiger partial charge is 0.0822 e. The first kappa shape index (κ1) is 10.2. The quantitative estimate of drug-likeness (QED) is 0.735. The highest BCUT2D eigenvalue weighted by atomic mass is 16.3. The normalized spacial score (nSPS) is 14.2. The van der Waals surface area contributed by atoms with Gasteiger partial charge in [0.25, 0.3) is 0 Å². The van der Waals surface area contributed by atoms with Crippen LogP contribution >= 0.6 is 0 Å². The Hall–Kier alpha value is -0.930. The highest BCUT2D eigenvalue weighted by molar-refractivity contribution is 5.12. The summed E-state index contributed by atoms with van der Waals surface area (Å²) in [5, 5.41) is 9.74. The second kappa shape index (κ2) is 3.85. The highest BCUT2D eigenvalue weighted by Crippen LogP contribution is 2.20. The lowest BCUT2D eigenvalue weighted by Gasteiger charge is -2.22. The number of hydrogen-bond donors (Lipinski definition) is 2. The summed E-state index contributed by atoms with van der Waals surface area (Å²) in [5.74, 6) is 0. The molecular weight excluding hydrogens is 164 g/mol. The molecule has 13 heavy (non-hydrogen) atoms. The molecule has 0 bridgehead atoms. The Balaban J connectivity index is 2.64. The van der Waals surface area contributed by atoms with E-state index >= 15 is 0 Å². The summed E-state index contributed by atoms with van der Waals surface area (Å²) in [7, 11) is 0. The molecule has 1 heterocycles. The number of aliphatic hydroxyl groups is 1. The fourth-order valence-corrected chi connectivity index (χ4v) is 1.19. The van der Waals surface area contributed by atoms with Crippen LogP contribution in [0.3, 0.4) is 0 Å².